The molecule has 0 unspecified atom stereocenters. The van der Waals surface area contributed by atoms with Crippen LogP contribution in [-0.2, 0) is 0 Å². The van der Waals surface area contributed by atoms with E-state index in [-0.39, 0.29) is 0 Å². The second kappa shape index (κ2) is 11.1. The largest absolute Gasteiger partial charge is 0.298 e. The Morgan fingerprint density at radius 1 is 0.941 bits per heavy atom. The van der Waals surface area contributed by atoms with E-state index in [2.05, 4.69) is 13.8 Å². The Hall–Kier alpha value is -1.37. The van der Waals surface area contributed by atoms with Crippen molar-refractivity contribution < 1.29 is 4.79 Å². The fourth-order valence-corrected chi connectivity index (χ4v) is 1.21. The summed E-state index contributed by atoms with van der Waals surface area (Å²) in [6.45, 7) is 14.1. The van der Waals surface area contributed by atoms with Crippen LogP contribution in [0.15, 0.2) is 29.8 Å². The van der Waals surface area contributed by atoms with Gasteiger partial charge in [0, 0.05) is 5.56 Å². The Balaban J connectivity index is 0. The number of carbonyl (C=O) groups is 1. The minimum atomic E-state index is 0.765. The van der Waals surface area contributed by atoms with Crippen LogP contribution in [0.2, 0.25) is 0 Å². The summed E-state index contributed by atoms with van der Waals surface area (Å²) in [6.07, 6.45) is 0.905. The van der Waals surface area contributed by atoms with E-state index < -0.39 is 0 Å². The lowest BCUT2D eigenvalue weighted by Crippen LogP contribution is -1.90. The molecule has 0 aromatic heterocycles. The molecule has 1 aromatic rings. The zero-order valence-corrected chi connectivity index (χ0v) is 12.3. The predicted octanol–water partition coefficient (Wildman–Crippen LogP) is 5.36. The second-order valence-corrected chi connectivity index (χ2v) is 3.33. The summed E-state index contributed by atoms with van der Waals surface area (Å²) in [5, 5.41) is 0. The van der Waals surface area contributed by atoms with Gasteiger partial charge in [0.05, 0.1) is 0 Å². The molecule has 0 aliphatic heterocycles. The summed E-state index contributed by atoms with van der Waals surface area (Å²) < 4.78 is 0. The minimum absolute atomic E-state index is 0.765. The first-order chi connectivity index (χ1) is 8.16. The molecule has 1 heteroatoms. The van der Waals surface area contributed by atoms with E-state index in [0.29, 0.717) is 0 Å². The average molecular weight is 234 g/mol. The molecule has 0 spiro atoms. The number of rotatable bonds is 2. The number of hydrogen-bond donors (Lipinski definition) is 0. The summed E-state index contributed by atoms with van der Waals surface area (Å²) in [6, 6.07) is 7.65. The van der Waals surface area contributed by atoms with Gasteiger partial charge in [-0.1, -0.05) is 57.5 Å². The van der Waals surface area contributed by atoms with Crippen LogP contribution in [0.3, 0.4) is 0 Å². The molecule has 0 heterocycles. The van der Waals surface area contributed by atoms with E-state index in [0.717, 1.165) is 17.4 Å². The second-order valence-electron chi connectivity index (χ2n) is 3.33. The van der Waals surface area contributed by atoms with Crippen LogP contribution in [-0.4, -0.2) is 6.29 Å². The fraction of sp³-hybridized carbons (Fsp3) is 0.438. The van der Waals surface area contributed by atoms with Gasteiger partial charge in [0.1, 0.15) is 0 Å². The molecule has 96 valence electrons. The maximum atomic E-state index is 10.7. The van der Waals surface area contributed by atoms with Gasteiger partial charge in [0.25, 0.3) is 0 Å². The third kappa shape index (κ3) is 6.06. The van der Waals surface area contributed by atoms with Gasteiger partial charge < -0.3 is 0 Å². The fourth-order valence-electron chi connectivity index (χ4n) is 1.21. The monoisotopic (exact) mass is 234 g/mol. The highest BCUT2D eigenvalue weighted by atomic mass is 16.1. The Bertz CT molecular complexity index is 344. The molecule has 0 aliphatic rings. The van der Waals surface area contributed by atoms with Crippen LogP contribution >= 0.6 is 0 Å². The molecule has 1 aromatic carbocycles. The van der Waals surface area contributed by atoms with Crippen LogP contribution in [0.5, 0.6) is 0 Å². The molecule has 0 saturated heterocycles. The molecular weight excluding hydrogens is 208 g/mol. The first-order valence-corrected chi connectivity index (χ1v) is 6.35. The standard InChI is InChI=1S/C12H14O.2C2H6/c1-9(2)10(3)12-7-5-4-6-11(12)8-13;2*1-2/h4-8H,1-3H3;2*1-2H3. The van der Waals surface area contributed by atoms with Gasteiger partial charge in [0.2, 0.25) is 0 Å². The van der Waals surface area contributed by atoms with Crippen molar-refractivity contribution in [1.29, 1.82) is 0 Å². The van der Waals surface area contributed by atoms with Crippen molar-refractivity contribution in [2.45, 2.75) is 48.5 Å². The van der Waals surface area contributed by atoms with Crippen molar-refractivity contribution in [2.75, 3.05) is 0 Å². The van der Waals surface area contributed by atoms with Gasteiger partial charge >= 0.3 is 0 Å². The van der Waals surface area contributed by atoms with Crippen LogP contribution < -0.4 is 0 Å². The molecule has 0 saturated carbocycles. The van der Waals surface area contributed by atoms with Gasteiger partial charge in [0.15, 0.2) is 6.29 Å². The summed E-state index contributed by atoms with van der Waals surface area (Å²) >= 11 is 0. The average Bonchev–Trinajstić information content (AvgIpc) is 2.42. The Morgan fingerprint density at radius 3 is 1.82 bits per heavy atom. The lowest BCUT2D eigenvalue weighted by Gasteiger charge is -2.06. The summed E-state index contributed by atoms with van der Waals surface area (Å²) in [5.41, 5.74) is 4.23. The number of hydrogen-bond acceptors (Lipinski definition) is 1. The maximum Gasteiger partial charge on any atom is 0.150 e. The Morgan fingerprint density at radius 2 is 1.41 bits per heavy atom. The predicted molar refractivity (Wildman–Crippen MR) is 78.5 cm³/mol. The molecule has 0 atom stereocenters. The Labute approximate surface area is 107 Å². The first-order valence-electron chi connectivity index (χ1n) is 6.35. The van der Waals surface area contributed by atoms with E-state index in [9.17, 15) is 4.79 Å². The van der Waals surface area contributed by atoms with E-state index in [1.807, 2.05) is 58.9 Å². The third-order valence-electron chi connectivity index (χ3n) is 2.24. The number of carbonyl (C=O) groups excluding carboxylic acids is 1. The summed E-state index contributed by atoms with van der Waals surface area (Å²) in [7, 11) is 0. The minimum Gasteiger partial charge on any atom is -0.298 e. The topological polar surface area (TPSA) is 17.1 Å². The van der Waals surface area contributed by atoms with Gasteiger partial charge in [-0.2, -0.15) is 0 Å². The number of allylic oxidation sites excluding steroid dienone is 2. The van der Waals surface area contributed by atoms with Gasteiger partial charge in [-0.15, -0.1) is 0 Å². The van der Waals surface area contributed by atoms with E-state index in [1.165, 1.54) is 11.1 Å². The van der Waals surface area contributed by atoms with Crippen LogP contribution in [0.1, 0.15) is 64.4 Å². The molecule has 0 amide bonds. The molecule has 1 rings (SSSR count). The van der Waals surface area contributed by atoms with E-state index >= 15 is 0 Å². The summed E-state index contributed by atoms with van der Waals surface area (Å²) in [4.78, 5) is 10.7. The van der Waals surface area contributed by atoms with Crippen molar-refractivity contribution in [3.8, 4) is 0 Å². The zero-order chi connectivity index (χ0) is 13.8. The summed E-state index contributed by atoms with van der Waals surface area (Å²) in [5.74, 6) is 0. The Kier molecular flexibility index (Phi) is 11.8. The molecule has 17 heavy (non-hydrogen) atoms. The molecule has 0 fully saturated rings. The van der Waals surface area contributed by atoms with Gasteiger partial charge in [-0.3, -0.25) is 4.79 Å². The lowest BCUT2D eigenvalue weighted by atomic mass is 9.99. The number of aldehydes is 1. The highest BCUT2D eigenvalue weighted by Gasteiger charge is 2.02. The van der Waals surface area contributed by atoms with Crippen molar-refractivity contribution in [3.63, 3.8) is 0 Å². The smallest absolute Gasteiger partial charge is 0.150 e. The van der Waals surface area contributed by atoms with Gasteiger partial charge in [-0.05, 0) is 31.9 Å². The van der Waals surface area contributed by atoms with Crippen molar-refractivity contribution in [1.82, 2.24) is 0 Å². The molecule has 0 radical (unpaired) electrons. The highest BCUT2D eigenvalue weighted by molar-refractivity contribution is 5.85. The van der Waals surface area contributed by atoms with Crippen LogP contribution in [0.4, 0.5) is 0 Å². The SMILES string of the molecule is CC.CC.CC(C)=C(C)c1ccccc1C=O. The molecule has 0 bridgehead atoms. The zero-order valence-electron chi connectivity index (χ0n) is 12.3. The van der Waals surface area contributed by atoms with Crippen molar-refractivity contribution in [2.24, 2.45) is 0 Å². The first kappa shape index (κ1) is 18.0. The van der Waals surface area contributed by atoms with Crippen LogP contribution in [0, 0.1) is 0 Å². The third-order valence-corrected chi connectivity index (χ3v) is 2.24. The van der Waals surface area contributed by atoms with Crippen molar-refractivity contribution >= 4 is 11.9 Å². The maximum absolute atomic E-state index is 10.7. The van der Waals surface area contributed by atoms with Gasteiger partial charge in [-0.25, -0.2) is 0 Å². The quantitative estimate of drug-likeness (QED) is 0.629. The van der Waals surface area contributed by atoms with Crippen molar-refractivity contribution in [3.05, 3.63) is 41.0 Å². The normalized spacial score (nSPS) is 7.94. The molecule has 0 aliphatic carbocycles. The molecular formula is C16H26O. The van der Waals surface area contributed by atoms with E-state index in [4.69, 9.17) is 0 Å². The molecule has 0 N–H and O–H groups in total. The lowest BCUT2D eigenvalue weighted by molar-refractivity contribution is 0.112. The van der Waals surface area contributed by atoms with E-state index in [1.54, 1.807) is 0 Å². The highest BCUT2D eigenvalue weighted by Crippen LogP contribution is 2.20. The van der Waals surface area contributed by atoms with Crippen LogP contribution in [0.25, 0.3) is 5.57 Å². The molecule has 1 nitrogen and oxygen atoms in total. The number of benzene rings is 1.